The highest BCUT2D eigenvalue weighted by molar-refractivity contribution is 7.98. The second-order valence-electron chi connectivity index (χ2n) is 6.04. The van der Waals surface area contributed by atoms with Crippen molar-refractivity contribution in [2.75, 3.05) is 26.8 Å². The van der Waals surface area contributed by atoms with Gasteiger partial charge in [-0.3, -0.25) is 4.79 Å². The van der Waals surface area contributed by atoms with Gasteiger partial charge in [0, 0.05) is 4.90 Å². The predicted molar refractivity (Wildman–Crippen MR) is 104 cm³/mol. The minimum atomic E-state index is -0.615. The van der Waals surface area contributed by atoms with E-state index in [1.807, 2.05) is 25.3 Å². The molecule has 0 aromatic heterocycles. The Morgan fingerprint density at radius 1 is 1.18 bits per heavy atom. The molecule has 148 valence electrons. The smallest absolute Gasteiger partial charge is 0.342 e. The summed E-state index contributed by atoms with van der Waals surface area (Å²) in [6, 6.07) is 10.4. The summed E-state index contributed by atoms with van der Waals surface area (Å²) in [4.78, 5) is 25.4. The zero-order chi connectivity index (χ0) is 20.1. The summed E-state index contributed by atoms with van der Waals surface area (Å²) in [7, 11) is 1.48. The molecule has 0 fully saturated rings. The highest BCUT2D eigenvalue weighted by Crippen LogP contribution is 2.34. The number of fused-ring (bicyclic) bond motifs is 1. The molecule has 0 bridgehead atoms. The van der Waals surface area contributed by atoms with Crippen LogP contribution in [0.15, 0.2) is 41.3 Å². The highest BCUT2D eigenvalue weighted by atomic mass is 32.2. The van der Waals surface area contributed by atoms with Crippen molar-refractivity contribution in [2.24, 2.45) is 0 Å². The van der Waals surface area contributed by atoms with Crippen molar-refractivity contribution >= 4 is 23.6 Å². The number of carbonyl (C=O) groups excluding carboxylic acids is 2. The Kier molecular flexibility index (Phi) is 6.30. The molecule has 1 heterocycles. The summed E-state index contributed by atoms with van der Waals surface area (Å²) < 4.78 is 21.0. The molecule has 0 spiro atoms. The number of benzene rings is 2. The molecule has 1 amide bonds. The van der Waals surface area contributed by atoms with Crippen LogP contribution in [0.3, 0.4) is 0 Å². The van der Waals surface area contributed by atoms with Crippen LogP contribution >= 0.6 is 11.8 Å². The van der Waals surface area contributed by atoms with E-state index in [1.165, 1.54) is 18.9 Å². The lowest BCUT2D eigenvalue weighted by Crippen LogP contribution is -2.31. The van der Waals surface area contributed by atoms with Crippen molar-refractivity contribution in [3.8, 4) is 17.2 Å². The SMILES string of the molecule is COc1cc(SC)ccc1C(=O)OCC(=O)N[C@H](C)c1ccc2c(c1)OCO2. The number of amides is 1. The molecule has 0 aliphatic carbocycles. The first kappa shape index (κ1) is 19.9. The average molecular weight is 403 g/mol. The normalized spacial score (nSPS) is 13.0. The number of esters is 1. The van der Waals surface area contributed by atoms with Crippen LogP contribution in [-0.4, -0.2) is 38.6 Å². The number of hydrogen-bond donors (Lipinski definition) is 1. The van der Waals surface area contributed by atoms with E-state index in [9.17, 15) is 9.59 Å². The lowest BCUT2D eigenvalue weighted by molar-refractivity contribution is -0.124. The molecular weight excluding hydrogens is 382 g/mol. The fourth-order valence-corrected chi connectivity index (χ4v) is 3.15. The monoisotopic (exact) mass is 403 g/mol. The van der Waals surface area contributed by atoms with Gasteiger partial charge >= 0.3 is 5.97 Å². The minimum absolute atomic E-state index is 0.191. The maximum absolute atomic E-state index is 12.3. The Balaban J connectivity index is 1.56. The number of hydrogen-bond acceptors (Lipinski definition) is 7. The van der Waals surface area contributed by atoms with Crippen LogP contribution in [0.4, 0.5) is 0 Å². The van der Waals surface area contributed by atoms with Gasteiger partial charge in [-0.25, -0.2) is 4.79 Å². The molecule has 2 aromatic carbocycles. The van der Waals surface area contributed by atoms with E-state index in [0.29, 0.717) is 17.2 Å². The number of thioether (sulfide) groups is 1. The quantitative estimate of drug-likeness (QED) is 0.561. The number of carbonyl (C=O) groups is 2. The molecule has 0 saturated carbocycles. The second kappa shape index (κ2) is 8.88. The Morgan fingerprint density at radius 3 is 2.71 bits per heavy atom. The maximum atomic E-state index is 12.3. The van der Waals surface area contributed by atoms with Gasteiger partial charge in [0.1, 0.15) is 11.3 Å². The summed E-state index contributed by atoms with van der Waals surface area (Å²) in [5.41, 5.74) is 1.13. The van der Waals surface area contributed by atoms with Crippen LogP contribution in [0.5, 0.6) is 17.2 Å². The fourth-order valence-electron chi connectivity index (χ4n) is 2.72. The molecule has 1 aliphatic rings. The highest BCUT2D eigenvalue weighted by Gasteiger charge is 2.19. The molecule has 1 atom stereocenters. The summed E-state index contributed by atoms with van der Waals surface area (Å²) in [6.07, 6.45) is 1.93. The van der Waals surface area contributed by atoms with Crippen molar-refractivity contribution in [1.29, 1.82) is 0 Å². The van der Waals surface area contributed by atoms with Crippen LogP contribution in [0.25, 0.3) is 0 Å². The van der Waals surface area contributed by atoms with E-state index in [4.69, 9.17) is 18.9 Å². The van der Waals surface area contributed by atoms with Crippen LogP contribution < -0.4 is 19.5 Å². The van der Waals surface area contributed by atoms with Crippen molar-refractivity contribution in [2.45, 2.75) is 17.9 Å². The zero-order valence-electron chi connectivity index (χ0n) is 15.8. The first-order chi connectivity index (χ1) is 13.5. The van der Waals surface area contributed by atoms with Crippen LogP contribution in [0.1, 0.15) is 28.9 Å². The van der Waals surface area contributed by atoms with E-state index >= 15 is 0 Å². The lowest BCUT2D eigenvalue weighted by Gasteiger charge is -2.15. The Bertz CT molecular complexity index is 885. The molecule has 2 aromatic rings. The van der Waals surface area contributed by atoms with Crippen LogP contribution in [-0.2, 0) is 9.53 Å². The maximum Gasteiger partial charge on any atom is 0.342 e. The number of ether oxygens (including phenoxy) is 4. The number of methoxy groups -OCH3 is 1. The van der Waals surface area contributed by atoms with Crippen molar-refractivity contribution in [3.05, 3.63) is 47.5 Å². The molecule has 0 unspecified atom stereocenters. The first-order valence-electron chi connectivity index (χ1n) is 8.60. The van der Waals surface area contributed by atoms with Crippen molar-refractivity contribution < 1.29 is 28.5 Å². The zero-order valence-corrected chi connectivity index (χ0v) is 16.6. The van der Waals surface area contributed by atoms with Gasteiger partial charge in [0.2, 0.25) is 6.79 Å². The van der Waals surface area contributed by atoms with E-state index in [0.717, 1.165) is 10.5 Å². The van der Waals surface area contributed by atoms with Gasteiger partial charge in [0.15, 0.2) is 18.1 Å². The summed E-state index contributed by atoms with van der Waals surface area (Å²) >= 11 is 1.54. The Morgan fingerprint density at radius 2 is 1.96 bits per heavy atom. The molecule has 0 radical (unpaired) electrons. The molecule has 3 rings (SSSR count). The topological polar surface area (TPSA) is 83.1 Å². The lowest BCUT2D eigenvalue weighted by atomic mass is 10.1. The number of rotatable bonds is 7. The standard InChI is InChI=1S/C20H21NO6S/c1-12(13-4-7-16-18(8-13)27-11-26-16)21-19(22)10-25-20(23)15-6-5-14(28-3)9-17(15)24-2/h4-9,12H,10-11H2,1-3H3,(H,21,22)/t12-/m1/s1. The summed E-state index contributed by atoms with van der Waals surface area (Å²) in [6.45, 7) is 1.64. The molecule has 7 nitrogen and oxygen atoms in total. The molecular formula is C20H21NO6S. The molecule has 1 aliphatic heterocycles. The summed E-state index contributed by atoms with van der Waals surface area (Å²) in [5, 5.41) is 2.79. The van der Waals surface area contributed by atoms with E-state index < -0.39 is 11.9 Å². The molecule has 8 heteroatoms. The predicted octanol–water partition coefficient (Wildman–Crippen LogP) is 3.18. The first-order valence-corrected chi connectivity index (χ1v) is 9.82. The third kappa shape index (κ3) is 4.51. The largest absolute Gasteiger partial charge is 0.496 e. The van der Waals surface area contributed by atoms with E-state index in [2.05, 4.69) is 5.32 Å². The van der Waals surface area contributed by atoms with Gasteiger partial charge in [0.25, 0.3) is 5.91 Å². The van der Waals surface area contributed by atoms with Crippen LogP contribution in [0, 0.1) is 0 Å². The third-order valence-corrected chi connectivity index (χ3v) is 4.96. The third-order valence-electron chi connectivity index (χ3n) is 4.24. The van der Waals surface area contributed by atoms with E-state index in [1.54, 1.807) is 24.3 Å². The average Bonchev–Trinajstić information content (AvgIpc) is 3.19. The summed E-state index contributed by atoms with van der Waals surface area (Å²) in [5.74, 6) is 0.711. The van der Waals surface area contributed by atoms with Crippen molar-refractivity contribution in [1.82, 2.24) is 5.32 Å². The van der Waals surface area contributed by atoms with Gasteiger partial charge in [-0.2, -0.15) is 0 Å². The Hall–Kier alpha value is -2.87. The minimum Gasteiger partial charge on any atom is -0.496 e. The van der Waals surface area contributed by atoms with Gasteiger partial charge in [-0.05, 0) is 49.1 Å². The Labute approximate surface area is 167 Å². The number of nitrogens with one attached hydrogen (secondary N) is 1. The van der Waals surface area contributed by atoms with Gasteiger partial charge in [0.05, 0.1) is 13.2 Å². The van der Waals surface area contributed by atoms with Gasteiger partial charge in [-0.1, -0.05) is 6.07 Å². The van der Waals surface area contributed by atoms with E-state index in [-0.39, 0.29) is 25.0 Å². The fraction of sp³-hybridized carbons (Fsp3) is 0.300. The van der Waals surface area contributed by atoms with Gasteiger partial charge in [-0.15, -0.1) is 11.8 Å². The second-order valence-corrected chi connectivity index (χ2v) is 6.92. The van der Waals surface area contributed by atoms with Gasteiger partial charge < -0.3 is 24.3 Å². The van der Waals surface area contributed by atoms with Crippen LogP contribution in [0.2, 0.25) is 0 Å². The molecule has 28 heavy (non-hydrogen) atoms. The molecule has 0 saturated heterocycles. The van der Waals surface area contributed by atoms with Crippen molar-refractivity contribution in [3.63, 3.8) is 0 Å². The molecule has 1 N–H and O–H groups in total.